The summed E-state index contributed by atoms with van der Waals surface area (Å²) >= 11 is 0. The number of hydrogen-bond donors (Lipinski definition) is 2. The molecular weight excluding hydrogens is 276 g/mol. The van der Waals surface area contributed by atoms with Crippen molar-refractivity contribution in [1.29, 1.82) is 0 Å². The number of ketones is 1. The fourth-order valence-electron chi connectivity index (χ4n) is 2.40. The van der Waals surface area contributed by atoms with Crippen molar-refractivity contribution in [1.82, 2.24) is 0 Å². The van der Waals surface area contributed by atoms with E-state index in [4.69, 9.17) is 0 Å². The maximum Gasteiger partial charge on any atom is 0.196 e. The van der Waals surface area contributed by atoms with Crippen molar-refractivity contribution in [2.24, 2.45) is 0 Å². The van der Waals surface area contributed by atoms with Crippen molar-refractivity contribution >= 4 is 5.78 Å². The lowest BCUT2D eigenvalue weighted by molar-refractivity contribution is 0.103. The van der Waals surface area contributed by atoms with Gasteiger partial charge in [0.15, 0.2) is 5.78 Å². The second kappa shape index (κ2) is 5.74. The third-order valence-corrected chi connectivity index (χ3v) is 3.50. The highest BCUT2D eigenvalue weighted by Gasteiger charge is 2.19. The number of phenols is 2. The maximum absolute atomic E-state index is 12.5. The van der Waals surface area contributed by atoms with Crippen molar-refractivity contribution < 1.29 is 15.0 Å². The lowest BCUT2D eigenvalue weighted by Gasteiger charge is -2.11. The molecule has 0 aliphatic carbocycles. The molecule has 2 N–H and O–H groups in total. The molecule has 0 spiro atoms. The Morgan fingerprint density at radius 2 is 1.32 bits per heavy atom. The average Bonchev–Trinajstić information content (AvgIpc) is 2.56. The third kappa shape index (κ3) is 2.44. The topological polar surface area (TPSA) is 57.5 Å². The molecule has 0 heterocycles. The van der Waals surface area contributed by atoms with Gasteiger partial charge in [-0.3, -0.25) is 4.79 Å². The molecule has 3 aromatic carbocycles. The number of rotatable bonds is 3. The van der Waals surface area contributed by atoms with E-state index >= 15 is 0 Å². The summed E-state index contributed by atoms with van der Waals surface area (Å²) < 4.78 is 0. The van der Waals surface area contributed by atoms with E-state index < -0.39 is 0 Å². The van der Waals surface area contributed by atoms with Crippen LogP contribution in [-0.4, -0.2) is 16.0 Å². The van der Waals surface area contributed by atoms with Crippen LogP contribution in [0.15, 0.2) is 72.8 Å². The number of hydrogen-bond acceptors (Lipinski definition) is 3. The molecule has 0 aromatic heterocycles. The van der Waals surface area contributed by atoms with Crippen LogP contribution in [0.3, 0.4) is 0 Å². The van der Waals surface area contributed by atoms with Gasteiger partial charge >= 0.3 is 0 Å². The third-order valence-electron chi connectivity index (χ3n) is 3.50. The normalized spacial score (nSPS) is 10.4. The van der Waals surface area contributed by atoms with E-state index in [1.807, 2.05) is 12.1 Å². The number of carbonyl (C=O) groups excluding carboxylic acids is 1. The van der Waals surface area contributed by atoms with Crippen LogP contribution in [-0.2, 0) is 0 Å². The Hall–Kier alpha value is -3.07. The Labute approximate surface area is 128 Å². The van der Waals surface area contributed by atoms with Crippen LogP contribution in [0.25, 0.3) is 11.1 Å². The summed E-state index contributed by atoms with van der Waals surface area (Å²) in [6.45, 7) is 0. The number of aromatic hydroxyl groups is 2. The number of carbonyl (C=O) groups is 1. The predicted molar refractivity (Wildman–Crippen MR) is 85.1 cm³/mol. The molecule has 3 nitrogen and oxygen atoms in total. The molecule has 0 atom stereocenters. The van der Waals surface area contributed by atoms with Crippen molar-refractivity contribution in [2.75, 3.05) is 0 Å². The van der Waals surface area contributed by atoms with Gasteiger partial charge in [0.25, 0.3) is 0 Å². The molecule has 22 heavy (non-hydrogen) atoms. The summed E-state index contributed by atoms with van der Waals surface area (Å²) in [5, 5.41) is 20.5. The monoisotopic (exact) mass is 290 g/mol. The van der Waals surface area contributed by atoms with Crippen LogP contribution in [0.2, 0.25) is 0 Å². The summed E-state index contributed by atoms with van der Waals surface area (Å²) in [4.78, 5) is 12.5. The summed E-state index contributed by atoms with van der Waals surface area (Å²) in [5.74, 6) is -0.552. The fourth-order valence-corrected chi connectivity index (χ4v) is 2.40. The van der Waals surface area contributed by atoms with E-state index in [1.165, 1.54) is 12.1 Å². The zero-order chi connectivity index (χ0) is 15.5. The van der Waals surface area contributed by atoms with Crippen LogP contribution in [0.5, 0.6) is 11.5 Å². The van der Waals surface area contributed by atoms with Gasteiger partial charge in [-0.15, -0.1) is 0 Å². The minimum Gasteiger partial charge on any atom is -0.507 e. The van der Waals surface area contributed by atoms with Gasteiger partial charge in [0, 0.05) is 5.56 Å². The Balaban J connectivity index is 2.14. The molecule has 3 aromatic rings. The Kier molecular flexibility index (Phi) is 3.62. The maximum atomic E-state index is 12.5. The second-order valence-corrected chi connectivity index (χ2v) is 4.92. The van der Waals surface area contributed by atoms with Crippen LogP contribution in [0, 0.1) is 0 Å². The first-order valence-corrected chi connectivity index (χ1v) is 6.88. The number of benzene rings is 3. The molecule has 0 unspecified atom stereocenters. The molecule has 0 amide bonds. The Bertz CT molecular complexity index is 809. The molecule has 0 fully saturated rings. The summed E-state index contributed by atoms with van der Waals surface area (Å²) in [7, 11) is 0. The highest BCUT2D eigenvalue weighted by molar-refractivity contribution is 6.12. The van der Waals surface area contributed by atoms with Crippen LogP contribution in [0.1, 0.15) is 15.9 Å². The van der Waals surface area contributed by atoms with E-state index in [-0.39, 0.29) is 28.4 Å². The largest absolute Gasteiger partial charge is 0.507 e. The predicted octanol–water partition coefficient (Wildman–Crippen LogP) is 4.00. The highest BCUT2D eigenvalue weighted by atomic mass is 16.3. The summed E-state index contributed by atoms with van der Waals surface area (Å²) in [6, 6.07) is 20.6. The van der Waals surface area contributed by atoms with Gasteiger partial charge < -0.3 is 10.2 Å². The molecule has 0 aliphatic rings. The Morgan fingerprint density at radius 3 is 1.95 bits per heavy atom. The van der Waals surface area contributed by atoms with Crippen molar-refractivity contribution in [3.8, 4) is 22.6 Å². The lowest BCUT2D eigenvalue weighted by atomic mass is 9.96. The molecular formula is C19H14O3. The van der Waals surface area contributed by atoms with Crippen molar-refractivity contribution in [2.45, 2.75) is 0 Å². The van der Waals surface area contributed by atoms with E-state index in [0.717, 1.165) is 0 Å². The fraction of sp³-hybridized carbons (Fsp3) is 0. The van der Waals surface area contributed by atoms with Gasteiger partial charge in [-0.2, -0.15) is 0 Å². The zero-order valence-electron chi connectivity index (χ0n) is 11.7. The molecule has 0 aliphatic heterocycles. The summed E-state index contributed by atoms with van der Waals surface area (Å²) in [5.41, 5.74) is 1.58. The minimum absolute atomic E-state index is 0.0617. The first-order chi connectivity index (χ1) is 10.7. The first kappa shape index (κ1) is 13.9. The van der Waals surface area contributed by atoms with Gasteiger partial charge in [0.1, 0.15) is 11.5 Å². The molecule has 3 heteroatoms. The quantitative estimate of drug-likeness (QED) is 0.717. The molecule has 3 rings (SSSR count). The summed E-state index contributed by atoms with van der Waals surface area (Å²) in [6.07, 6.45) is 0. The molecule has 0 saturated heterocycles. The highest BCUT2D eigenvalue weighted by Crippen LogP contribution is 2.40. The molecule has 0 bridgehead atoms. The lowest BCUT2D eigenvalue weighted by Crippen LogP contribution is -2.02. The van der Waals surface area contributed by atoms with Crippen molar-refractivity contribution in [3.63, 3.8) is 0 Å². The van der Waals surface area contributed by atoms with Gasteiger partial charge in [0.2, 0.25) is 0 Å². The number of phenolic OH excluding ortho intramolecular Hbond substituents is 2. The van der Waals surface area contributed by atoms with E-state index in [9.17, 15) is 15.0 Å². The van der Waals surface area contributed by atoms with E-state index in [0.29, 0.717) is 11.1 Å². The smallest absolute Gasteiger partial charge is 0.196 e. The van der Waals surface area contributed by atoms with Gasteiger partial charge in [0.05, 0.1) is 11.1 Å². The minimum atomic E-state index is -0.282. The van der Waals surface area contributed by atoms with Gasteiger partial charge in [-0.1, -0.05) is 60.7 Å². The van der Waals surface area contributed by atoms with E-state index in [2.05, 4.69) is 0 Å². The first-order valence-electron chi connectivity index (χ1n) is 6.88. The average molecular weight is 290 g/mol. The van der Waals surface area contributed by atoms with Gasteiger partial charge in [-0.25, -0.2) is 0 Å². The SMILES string of the molecule is O=C(c1ccccc1)c1ccc(O)c(-c2ccccc2)c1O. The second-order valence-electron chi connectivity index (χ2n) is 4.92. The molecule has 0 saturated carbocycles. The van der Waals surface area contributed by atoms with Crippen LogP contribution < -0.4 is 0 Å². The van der Waals surface area contributed by atoms with E-state index in [1.54, 1.807) is 48.5 Å². The van der Waals surface area contributed by atoms with Crippen LogP contribution >= 0.6 is 0 Å². The van der Waals surface area contributed by atoms with Gasteiger partial charge in [-0.05, 0) is 17.7 Å². The standard InChI is InChI=1S/C19H14O3/c20-16-12-11-15(18(21)14-9-5-2-6-10-14)19(22)17(16)13-7-3-1-4-8-13/h1-12,20,22H. The zero-order valence-corrected chi connectivity index (χ0v) is 11.7. The van der Waals surface area contributed by atoms with Crippen LogP contribution in [0.4, 0.5) is 0 Å². The Morgan fingerprint density at radius 1 is 0.727 bits per heavy atom. The molecule has 108 valence electrons. The van der Waals surface area contributed by atoms with Crippen molar-refractivity contribution in [3.05, 3.63) is 83.9 Å². The molecule has 0 radical (unpaired) electrons.